The van der Waals surface area contributed by atoms with Crippen LogP contribution in [-0.4, -0.2) is 18.2 Å². The number of methoxy groups -OCH3 is 1. The summed E-state index contributed by atoms with van der Waals surface area (Å²) in [5.41, 5.74) is 2.51. The molecular formula is C17H13FN2O2. The molecule has 0 unspecified atom stereocenters. The summed E-state index contributed by atoms with van der Waals surface area (Å²) in [7, 11) is 1.30. The van der Waals surface area contributed by atoms with Crippen molar-refractivity contribution in [1.82, 2.24) is 4.98 Å². The van der Waals surface area contributed by atoms with Crippen LogP contribution in [0.15, 0.2) is 54.6 Å². The number of benzene rings is 2. The molecule has 1 aromatic heterocycles. The highest BCUT2D eigenvalue weighted by molar-refractivity contribution is 5.85. The standard InChI is InChI=1S/C17H13FN2O2/c1-22-17(21)19-12-8-6-11(7-9-12)16-10-14(18)13-4-2-3-5-15(13)20-16/h2-10H,1H3,(H,19,21). The number of para-hydroxylation sites is 1. The minimum atomic E-state index is -0.539. The zero-order valence-electron chi connectivity index (χ0n) is 11.8. The van der Waals surface area contributed by atoms with Crippen molar-refractivity contribution >= 4 is 22.7 Å². The third-order valence-electron chi connectivity index (χ3n) is 3.28. The van der Waals surface area contributed by atoms with Gasteiger partial charge >= 0.3 is 6.09 Å². The predicted molar refractivity (Wildman–Crippen MR) is 83.2 cm³/mol. The van der Waals surface area contributed by atoms with E-state index in [1.54, 1.807) is 42.5 Å². The van der Waals surface area contributed by atoms with Crippen molar-refractivity contribution in [3.8, 4) is 11.3 Å². The maximum atomic E-state index is 14.1. The van der Waals surface area contributed by atoms with Gasteiger partial charge in [-0.05, 0) is 24.3 Å². The Morgan fingerprint density at radius 1 is 1.14 bits per heavy atom. The van der Waals surface area contributed by atoms with Gasteiger partial charge in [0.1, 0.15) is 5.82 Å². The molecule has 0 saturated heterocycles. The van der Waals surface area contributed by atoms with Crippen molar-refractivity contribution in [2.24, 2.45) is 0 Å². The van der Waals surface area contributed by atoms with Gasteiger partial charge in [-0.15, -0.1) is 0 Å². The third kappa shape index (κ3) is 2.74. The first-order chi connectivity index (χ1) is 10.7. The Kier molecular flexibility index (Phi) is 3.70. The van der Waals surface area contributed by atoms with E-state index in [9.17, 15) is 9.18 Å². The van der Waals surface area contributed by atoms with Crippen LogP contribution < -0.4 is 5.32 Å². The summed E-state index contributed by atoms with van der Waals surface area (Å²) < 4.78 is 18.6. The number of nitrogens with one attached hydrogen (secondary N) is 1. The quantitative estimate of drug-likeness (QED) is 0.770. The molecule has 0 spiro atoms. The van der Waals surface area contributed by atoms with Crippen LogP contribution in [0.4, 0.5) is 14.9 Å². The Hall–Kier alpha value is -2.95. The Bertz CT molecular complexity index is 832. The number of anilines is 1. The number of amides is 1. The second kappa shape index (κ2) is 5.81. The normalized spacial score (nSPS) is 10.5. The maximum Gasteiger partial charge on any atom is 0.411 e. The summed E-state index contributed by atoms with van der Waals surface area (Å²) in [4.78, 5) is 15.6. The summed E-state index contributed by atoms with van der Waals surface area (Å²) in [6, 6.07) is 15.4. The Morgan fingerprint density at radius 3 is 2.59 bits per heavy atom. The Balaban J connectivity index is 1.95. The molecule has 1 amide bonds. The maximum absolute atomic E-state index is 14.1. The van der Waals surface area contributed by atoms with Crippen LogP contribution in [0.25, 0.3) is 22.2 Å². The van der Waals surface area contributed by atoms with Gasteiger partial charge in [-0.3, -0.25) is 5.32 Å². The molecule has 3 rings (SSSR count). The number of hydrogen-bond acceptors (Lipinski definition) is 3. The molecule has 0 fully saturated rings. The minimum absolute atomic E-state index is 0.308. The lowest BCUT2D eigenvalue weighted by molar-refractivity contribution is 0.187. The number of ether oxygens (including phenoxy) is 1. The van der Waals surface area contributed by atoms with E-state index < -0.39 is 6.09 Å². The van der Waals surface area contributed by atoms with E-state index in [0.717, 1.165) is 5.56 Å². The molecule has 0 aliphatic carbocycles. The highest BCUT2D eigenvalue weighted by atomic mass is 19.1. The van der Waals surface area contributed by atoms with E-state index in [4.69, 9.17) is 0 Å². The van der Waals surface area contributed by atoms with Crippen LogP contribution in [-0.2, 0) is 4.74 Å². The molecule has 0 aliphatic rings. The number of fused-ring (bicyclic) bond motifs is 1. The van der Waals surface area contributed by atoms with Gasteiger partial charge in [0.25, 0.3) is 0 Å². The molecule has 22 heavy (non-hydrogen) atoms. The first-order valence-electron chi connectivity index (χ1n) is 6.68. The van der Waals surface area contributed by atoms with E-state index in [1.807, 2.05) is 6.07 Å². The molecule has 1 heterocycles. The van der Waals surface area contributed by atoms with E-state index >= 15 is 0 Å². The number of carbonyl (C=O) groups is 1. The van der Waals surface area contributed by atoms with Gasteiger partial charge in [0.2, 0.25) is 0 Å². The topological polar surface area (TPSA) is 51.2 Å². The molecule has 5 heteroatoms. The van der Waals surface area contributed by atoms with Crippen molar-refractivity contribution < 1.29 is 13.9 Å². The lowest BCUT2D eigenvalue weighted by Gasteiger charge is -2.07. The second-order valence-electron chi connectivity index (χ2n) is 4.70. The van der Waals surface area contributed by atoms with Gasteiger partial charge in [-0.2, -0.15) is 0 Å². The van der Waals surface area contributed by atoms with E-state index in [1.165, 1.54) is 13.2 Å². The smallest absolute Gasteiger partial charge is 0.411 e. The average Bonchev–Trinajstić information content (AvgIpc) is 2.55. The molecule has 0 bridgehead atoms. The largest absolute Gasteiger partial charge is 0.453 e. The molecule has 1 N–H and O–H groups in total. The minimum Gasteiger partial charge on any atom is -0.453 e. The summed E-state index contributed by atoms with van der Waals surface area (Å²) >= 11 is 0. The van der Waals surface area contributed by atoms with Gasteiger partial charge < -0.3 is 4.74 Å². The molecule has 0 radical (unpaired) electrons. The van der Waals surface area contributed by atoms with Gasteiger partial charge in [0.05, 0.1) is 18.3 Å². The van der Waals surface area contributed by atoms with Crippen molar-refractivity contribution in [3.63, 3.8) is 0 Å². The Labute approximate surface area is 126 Å². The van der Waals surface area contributed by atoms with Crippen LogP contribution in [0, 0.1) is 5.82 Å². The van der Waals surface area contributed by atoms with Crippen LogP contribution in [0.1, 0.15) is 0 Å². The van der Waals surface area contributed by atoms with E-state index in [-0.39, 0.29) is 5.82 Å². The van der Waals surface area contributed by atoms with Crippen molar-refractivity contribution in [2.45, 2.75) is 0 Å². The van der Waals surface area contributed by atoms with Crippen LogP contribution in [0.5, 0.6) is 0 Å². The zero-order chi connectivity index (χ0) is 15.5. The van der Waals surface area contributed by atoms with E-state index in [2.05, 4.69) is 15.0 Å². The van der Waals surface area contributed by atoms with Crippen LogP contribution >= 0.6 is 0 Å². The summed E-state index contributed by atoms with van der Waals surface area (Å²) in [5, 5.41) is 3.05. The number of hydrogen-bond donors (Lipinski definition) is 1. The third-order valence-corrected chi connectivity index (χ3v) is 3.28. The highest BCUT2D eigenvalue weighted by Gasteiger charge is 2.07. The Morgan fingerprint density at radius 2 is 1.86 bits per heavy atom. The van der Waals surface area contributed by atoms with Crippen molar-refractivity contribution in [2.75, 3.05) is 12.4 Å². The lowest BCUT2D eigenvalue weighted by atomic mass is 10.1. The lowest BCUT2D eigenvalue weighted by Crippen LogP contribution is -2.10. The van der Waals surface area contributed by atoms with Gasteiger partial charge in [-0.1, -0.05) is 24.3 Å². The molecule has 0 atom stereocenters. The number of pyridine rings is 1. The van der Waals surface area contributed by atoms with Crippen molar-refractivity contribution in [1.29, 1.82) is 0 Å². The molecule has 0 saturated carbocycles. The van der Waals surface area contributed by atoms with Crippen LogP contribution in [0.3, 0.4) is 0 Å². The number of aromatic nitrogens is 1. The van der Waals surface area contributed by atoms with Gasteiger partial charge in [0.15, 0.2) is 0 Å². The SMILES string of the molecule is COC(=O)Nc1ccc(-c2cc(F)c3ccccc3n2)cc1. The molecule has 2 aromatic carbocycles. The van der Waals surface area contributed by atoms with E-state index in [0.29, 0.717) is 22.3 Å². The number of rotatable bonds is 2. The van der Waals surface area contributed by atoms with Gasteiger partial charge in [-0.25, -0.2) is 14.2 Å². The molecule has 4 nitrogen and oxygen atoms in total. The van der Waals surface area contributed by atoms with Crippen molar-refractivity contribution in [3.05, 3.63) is 60.4 Å². The monoisotopic (exact) mass is 296 g/mol. The summed E-state index contributed by atoms with van der Waals surface area (Å²) in [5.74, 6) is -0.308. The second-order valence-corrected chi connectivity index (χ2v) is 4.70. The predicted octanol–water partition coefficient (Wildman–Crippen LogP) is 4.22. The van der Waals surface area contributed by atoms with Crippen LogP contribution in [0.2, 0.25) is 0 Å². The average molecular weight is 296 g/mol. The fourth-order valence-corrected chi connectivity index (χ4v) is 2.17. The molecule has 110 valence electrons. The molecule has 0 aliphatic heterocycles. The number of halogens is 1. The molecule has 3 aromatic rings. The number of nitrogens with zero attached hydrogens (tertiary/aromatic N) is 1. The molecular weight excluding hydrogens is 283 g/mol. The first kappa shape index (κ1) is 14.0. The summed E-state index contributed by atoms with van der Waals surface area (Å²) in [6.07, 6.45) is -0.539. The summed E-state index contributed by atoms with van der Waals surface area (Å²) in [6.45, 7) is 0. The fraction of sp³-hybridized carbons (Fsp3) is 0.0588. The zero-order valence-corrected chi connectivity index (χ0v) is 11.8. The highest BCUT2D eigenvalue weighted by Crippen LogP contribution is 2.24. The van der Waals surface area contributed by atoms with Gasteiger partial charge in [0, 0.05) is 22.7 Å². The fourth-order valence-electron chi connectivity index (χ4n) is 2.17. The number of carbonyl (C=O) groups excluding carboxylic acids is 1. The first-order valence-corrected chi connectivity index (χ1v) is 6.68.